The maximum Gasteiger partial charge on any atom is 0.268 e. The fraction of sp³-hybridized carbons (Fsp3) is 0.0588. The summed E-state index contributed by atoms with van der Waals surface area (Å²) in [6, 6.07) is 17.3. The van der Waals surface area contributed by atoms with Crippen molar-refractivity contribution in [3.05, 3.63) is 69.0 Å². The molecule has 3 rings (SSSR count). The lowest BCUT2D eigenvalue weighted by molar-refractivity contribution is 0.103. The van der Waals surface area contributed by atoms with Gasteiger partial charge in [0, 0.05) is 15.7 Å². The first-order chi connectivity index (χ1) is 10.6. The van der Waals surface area contributed by atoms with Gasteiger partial charge in [0.25, 0.3) is 5.91 Å². The predicted octanol–water partition coefficient (Wildman–Crippen LogP) is 5.13. The number of halogens is 1. The van der Waals surface area contributed by atoms with Crippen molar-refractivity contribution in [2.45, 2.75) is 6.92 Å². The number of thiazole rings is 1. The Labute approximate surface area is 141 Å². The van der Waals surface area contributed by atoms with Gasteiger partial charge >= 0.3 is 0 Å². The van der Waals surface area contributed by atoms with Crippen molar-refractivity contribution in [3.63, 3.8) is 0 Å². The summed E-state index contributed by atoms with van der Waals surface area (Å²) in [5.74, 6) is -0.137. The summed E-state index contributed by atoms with van der Waals surface area (Å²) in [6.07, 6.45) is 0. The number of aryl methyl sites for hydroxylation is 1. The molecule has 0 aliphatic rings. The van der Waals surface area contributed by atoms with Crippen molar-refractivity contribution in [2.75, 3.05) is 5.32 Å². The van der Waals surface area contributed by atoms with Crippen LogP contribution in [0.2, 0.25) is 0 Å². The van der Waals surface area contributed by atoms with E-state index in [4.69, 9.17) is 0 Å². The van der Waals surface area contributed by atoms with Crippen LogP contribution in [0.5, 0.6) is 0 Å². The Bertz CT molecular complexity index is 815. The van der Waals surface area contributed by atoms with E-state index in [1.807, 2.05) is 61.5 Å². The molecule has 0 bridgehead atoms. The van der Waals surface area contributed by atoms with E-state index in [9.17, 15) is 4.79 Å². The van der Waals surface area contributed by atoms with E-state index in [0.717, 1.165) is 26.4 Å². The standard InChI is InChI=1S/C17H13BrN2OS/c1-11-19-15(12-6-3-2-4-7-12)16(22-11)17(21)20-14-9-5-8-13(18)10-14/h2-10H,1H3,(H,20,21). The third-order valence-corrected chi connectivity index (χ3v) is 4.53. The highest BCUT2D eigenvalue weighted by Crippen LogP contribution is 2.29. The van der Waals surface area contributed by atoms with Crippen LogP contribution in [-0.2, 0) is 0 Å². The molecule has 5 heteroatoms. The van der Waals surface area contributed by atoms with Crippen molar-refractivity contribution in [2.24, 2.45) is 0 Å². The normalized spacial score (nSPS) is 10.5. The lowest BCUT2D eigenvalue weighted by atomic mass is 10.1. The van der Waals surface area contributed by atoms with Crippen LogP contribution >= 0.6 is 27.3 Å². The van der Waals surface area contributed by atoms with Crippen molar-refractivity contribution in [1.82, 2.24) is 4.98 Å². The zero-order chi connectivity index (χ0) is 15.5. The Hall–Kier alpha value is -1.98. The number of aromatic nitrogens is 1. The van der Waals surface area contributed by atoms with Crippen LogP contribution in [0.25, 0.3) is 11.3 Å². The fourth-order valence-electron chi connectivity index (χ4n) is 2.13. The molecule has 1 amide bonds. The molecule has 0 aliphatic carbocycles. The summed E-state index contributed by atoms with van der Waals surface area (Å²) in [5.41, 5.74) is 2.44. The average Bonchev–Trinajstić information content (AvgIpc) is 2.90. The first kappa shape index (κ1) is 14.9. The molecule has 1 N–H and O–H groups in total. The van der Waals surface area contributed by atoms with Crippen LogP contribution < -0.4 is 5.32 Å². The average molecular weight is 373 g/mol. The van der Waals surface area contributed by atoms with Crippen LogP contribution in [0.4, 0.5) is 5.69 Å². The maximum atomic E-state index is 12.6. The largest absolute Gasteiger partial charge is 0.321 e. The predicted molar refractivity (Wildman–Crippen MR) is 94.4 cm³/mol. The molecule has 22 heavy (non-hydrogen) atoms. The smallest absolute Gasteiger partial charge is 0.268 e. The summed E-state index contributed by atoms with van der Waals surface area (Å²) >= 11 is 4.81. The minimum absolute atomic E-state index is 0.137. The third-order valence-electron chi connectivity index (χ3n) is 3.07. The number of rotatable bonds is 3. The second kappa shape index (κ2) is 6.42. The van der Waals surface area contributed by atoms with Crippen molar-refractivity contribution < 1.29 is 4.79 Å². The van der Waals surface area contributed by atoms with Gasteiger partial charge in [0.2, 0.25) is 0 Å². The van der Waals surface area contributed by atoms with Gasteiger partial charge in [-0.3, -0.25) is 4.79 Å². The van der Waals surface area contributed by atoms with E-state index in [1.54, 1.807) is 0 Å². The topological polar surface area (TPSA) is 42.0 Å². The molecule has 0 atom stereocenters. The van der Waals surface area contributed by atoms with Crippen LogP contribution in [0.15, 0.2) is 59.1 Å². The monoisotopic (exact) mass is 372 g/mol. The molecular formula is C17H13BrN2OS. The van der Waals surface area contributed by atoms with Gasteiger partial charge in [0.05, 0.1) is 10.7 Å². The quantitative estimate of drug-likeness (QED) is 0.691. The van der Waals surface area contributed by atoms with Gasteiger partial charge in [-0.05, 0) is 25.1 Å². The number of anilines is 1. The van der Waals surface area contributed by atoms with E-state index in [2.05, 4.69) is 26.2 Å². The molecule has 1 heterocycles. The summed E-state index contributed by atoms with van der Waals surface area (Å²) in [5, 5.41) is 3.80. The van der Waals surface area contributed by atoms with Gasteiger partial charge in [-0.2, -0.15) is 0 Å². The van der Waals surface area contributed by atoms with E-state index in [-0.39, 0.29) is 5.91 Å². The fourth-order valence-corrected chi connectivity index (χ4v) is 3.36. The molecule has 3 aromatic rings. The van der Waals surface area contributed by atoms with Gasteiger partial charge in [-0.15, -0.1) is 11.3 Å². The number of hydrogen-bond donors (Lipinski definition) is 1. The zero-order valence-electron chi connectivity index (χ0n) is 11.8. The SMILES string of the molecule is Cc1nc(-c2ccccc2)c(C(=O)Nc2cccc(Br)c2)s1. The van der Waals surface area contributed by atoms with Crippen molar-refractivity contribution >= 4 is 38.9 Å². The summed E-state index contributed by atoms with van der Waals surface area (Å²) in [4.78, 5) is 17.7. The molecule has 0 spiro atoms. The van der Waals surface area contributed by atoms with Crippen LogP contribution in [0.3, 0.4) is 0 Å². The number of nitrogens with one attached hydrogen (secondary N) is 1. The zero-order valence-corrected chi connectivity index (χ0v) is 14.2. The minimum Gasteiger partial charge on any atom is -0.321 e. The van der Waals surface area contributed by atoms with Crippen molar-refractivity contribution in [3.8, 4) is 11.3 Å². The first-order valence-corrected chi connectivity index (χ1v) is 8.34. The molecular weight excluding hydrogens is 360 g/mol. The Kier molecular flexibility index (Phi) is 4.36. The summed E-state index contributed by atoms with van der Waals surface area (Å²) in [6.45, 7) is 1.91. The minimum atomic E-state index is -0.137. The molecule has 0 aliphatic heterocycles. The maximum absolute atomic E-state index is 12.6. The second-order valence-corrected chi connectivity index (χ2v) is 6.86. The first-order valence-electron chi connectivity index (χ1n) is 6.73. The lowest BCUT2D eigenvalue weighted by Gasteiger charge is -2.06. The number of benzene rings is 2. The third kappa shape index (κ3) is 3.26. The highest BCUT2D eigenvalue weighted by atomic mass is 79.9. The lowest BCUT2D eigenvalue weighted by Crippen LogP contribution is -2.11. The molecule has 0 fully saturated rings. The van der Waals surface area contributed by atoms with Crippen molar-refractivity contribution in [1.29, 1.82) is 0 Å². The Morgan fingerprint density at radius 1 is 1.14 bits per heavy atom. The van der Waals surface area contributed by atoms with E-state index in [1.165, 1.54) is 11.3 Å². The highest BCUT2D eigenvalue weighted by molar-refractivity contribution is 9.10. The van der Waals surface area contributed by atoms with Gasteiger partial charge in [0.1, 0.15) is 4.88 Å². The van der Waals surface area contributed by atoms with Gasteiger partial charge < -0.3 is 5.32 Å². The molecule has 0 radical (unpaired) electrons. The highest BCUT2D eigenvalue weighted by Gasteiger charge is 2.18. The van der Waals surface area contributed by atoms with Gasteiger partial charge in [0.15, 0.2) is 0 Å². The van der Waals surface area contributed by atoms with E-state index in [0.29, 0.717) is 4.88 Å². The van der Waals surface area contributed by atoms with Crippen LogP contribution in [0, 0.1) is 6.92 Å². The molecule has 2 aromatic carbocycles. The molecule has 1 aromatic heterocycles. The molecule has 0 saturated carbocycles. The van der Waals surface area contributed by atoms with E-state index < -0.39 is 0 Å². The summed E-state index contributed by atoms with van der Waals surface area (Å²) < 4.78 is 0.925. The van der Waals surface area contributed by atoms with Crippen LogP contribution in [0.1, 0.15) is 14.7 Å². The number of amides is 1. The molecule has 3 nitrogen and oxygen atoms in total. The second-order valence-electron chi connectivity index (χ2n) is 4.74. The Morgan fingerprint density at radius 2 is 1.91 bits per heavy atom. The molecule has 0 unspecified atom stereocenters. The number of hydrogen-bond acceptors (Lipinski definition) is 3. The number of nitrogens with zero attached hydrogens (tertiary/aromatic N) is 1. The van der Waals surface area contributed by atoms with E-state index >= 15 is 0 Å². The van der Waals surface area contributed by atoms with Gasteiger partial charge in [-0.25, -0.2) is 4.98 Å². The number of carbonyl (C=O) groups is 1. The van der Waals surface area contributed by atoms with Crippen LogP contribution in [-0.4, -0.2) is 10.9 Å². The summed E-state index contributed by atoms with van der Waals surface area (Å²) in [7, 11) is 0. The molecule has 0 saturated heterocycles. The molecule has 110 valence electrons. The Morgan fingerprint density at radius 3 is 2.64 bits per heavy atom. The van der Waals surface area contributed by atoms with Gasteiger partial charge in [-0.1, -0.05) is 52.3 Å². The number of carbonyl (C=O) groups excluding carboxylic acids is 1. The Balaban J connectivity index is 1.93.